The standard InChI is InChI=1S/C26H32N6O5S/c1-16-5-9-19(10-6-16)38(36,37)31-12-11-20-22(27-15-28-23(20)31)29-17-7-8-18-13-21(24(33)30(18)14-17)32(25(34)35)26(2,3)4/h5-6,9-12,15,17-18,21H,7-8,13-14H2,1-4H3,(H,34,35)(H,27,28,29)/t17-,18+,21?/m1/s1. The first-order valence-corrected chi connectivity index (χ1v) is 14.1. The summed E-state index contributed by atoms with van der Waals surface area (Å²) in [7, 11) is -3.85. The van der Waals surface area contributed by atoms with Crippen molar-refractivity contribution in [1.29, 1.82) is 0 Å². The molecule has 0 spiro atoms. The summed E-state index contributed by atoms with van der Waals surface area (Å²) in [5.74, 6) is 0.309. The zero-order chi connectivity index (χ0) is 27.4. The van der Waals surface area contributed by atoms with Crippen LogP contribution in [-0.4, -0.2) is 79.5 Å². The number of carbonyl (C=O) groups excluding carboxylic acids is 1. The van der Waals surface area contributed by atoms with Gasteiger partial charge in [-0.05, 0) is 65.2 Å². The van der Waals surface area contributed by atoms with Crippen molar-refractivity contribution in [2.24, 2.45) is 0 Å². The van der Waals surface area contributed by atoms with Gasteiger partial charge in [0, 0.05) is 30.4 Å². The zero-order valence-corrected chi connectivity index (χ0v) is 22.6. The molecule has 3 aromatic rings. The predicted molar refractivity (Wildman–Crippen MR) is 141 cm³/mol. The Morgan fingerprint density at radius 1 is 1.13 bits per heavy atom. The molecule has 2 saturated heterocycles. The van der Waals surface area contributed by atoms with Gasteiger partial charge in [0.05, 0.1) is 10.3 Å². The molecule has 0 radical (unpaired) electrons. The van der Waals surface area contributed by atoms with Gasteiger partial charge >= 0.3 is 6.09 Å². The van der Waals surface area contributed by atoms with Crippen LogP contribution < -0.4 is 5.32 Å². The zero-order valence-electron chi connectivity index (χ0n) is 21.8. The van der Waals surface area contributed by atoms with Crippen molar-refractivity contribution < 1.29 is 23.1 Å². The lowest BCUT2D eigenvalue weighted by Gasteiger charge is -2.37. The number of benzene rings is 1. The minimum Gasteiger partial charge on any atom is -0.465 e. The van der Waals surface area contributed by atoms with Gasteiger partial charge in [-0.3, -0.25) is 9.69 Å². The summed E-state index contributed by atoms with van der Waals surface area (Å²) < 4.78 is 27.7. The van der Waals surface area contributed by atoms with Gasteiger partial charge in [-0.1, -0.05) is 17.7 Å². The van der Waals surface area contributed by atoms with Crippen LogP contribution in [0.3, 0.4) is 0 Å². The van der Waals surface area contributed by atoms with E-state index in [1.807, 2.05) is 6.92 Å². The van der Waals surface area contributed by atoms with Gasteiger partial charge < -0.3 is 15.3 Å². The first-order valence-electron chi connectivity index (χ1n) is 12.6. The van der Waals surface area contributed by atoms with E-state index in [0.29, 0.717) is 24.2 Å². The minimum atomic E-state index is -3.85. The lowest BCUT2D eigenvalue weighted by molar-refractivity contribution is -0.134. The number of carbonyl (C=O) groups is 2. The average Bonchev–Trinajstić information content (AvgIpc) is 3.41. The number of carboxylic acid groups (broad SMARTS) is 1. The van der Waals surface area contributed by atoms with E-state index in [4.69, 9.17) is 0 Å². The Bertz CT molecular complexity index is 1490. The molecule has 38 heavy (non-hydrogen) atoms. The van der Waals surface area contributed by atoms with Gasteiger partial charge in [0.1, 0.15) is 18.2 Å². The molecule has 1 unspecified atom stereocenters. The highest BCUT2D eigenvalue weighted by atomic mass is 32.2. The van der Waals surface area contributed by atoms with Crippen molar-refractivity contribution in [1.82, 2.24) is 23.7 Å². The number of nitrogens with one attached hydrogen (secondary N) is 1. The van der Waals surface area contributed by atoms with Crippen LogP contribution in [0.4, 0.5) is 10.6 Å². The Balaban J connectivity index is 1.37. The molecule has 12 heteroatoms. The lowest BCUT2D eigenvalue weighted by atomic mass is 9.97. The molecule has 4 heterocycles. The fourth-order valence-electron chi connectivity index (χ4n) is 5.57. The van der Waals surface area contributed by atoms with Gasteiger partial charge in [-0.15, -0.1) is 0 Å². The first kappa shape index (κ1) is 26.0. The SMILES string of the molecule is Cc1ccc(S(=O)(=O)n2ccc3c(N[C@@H]4CC[C@H]5CC(N(C(=O)O)C(C)(C)C)C(=O)N5C4)ncnc32)cc1. The number of aryl methyl sites for hydroxylation is 1. The molecule has 0 saturated carbocycles. The Kier molecular flexibility index (Phi) is 6.33. The number of amides is 2. The second-order valence-electron chi connectivity index (χ2n) is 11.0. The predicted octanol–water partition coefficient (Wildman–Crippen LogP) is 3.30. The van der Waals surface area contributed by atoms with E-state index < -0.39 is 27.7 Å². The topological polar surface area (TPSA) is 138 Å². The van der Waals surface area contributed by atoms with Crippen LogP contribution in [0.5, 0.6) is 0 Å². The van der Waals surface area contributed by atoms with Crippen LogP contribution in [0.25, 0.3) is 11.0 Å². The maximum atomic E-state index is 13.3. The molecule has 3 atom stereocenters. The Labute approximate surface area is 221 Å². The van der Waals surface area contributed by atoms with Crippen molar-refractivity contribution in [3.63, 3.8) is 0 Å². The third-order valence-corrected chi connectivity index (χ3v) is 9.06. The van der Waals surface area contributed by atoms with Crippen molar-refractivity contribution in [2.45, 2.75) is 75.5 Å². The molecular formula is C26H32N6O5S. The third kappa shape index (κ3) is 4.46. The number of fused-ring (bicyclic) bond motifs is 2. The minimum absolute atomic E-state index is 0.0131. The van der Waals surface area contributed by atoms with Gasteiger partial charge in [-0.2, -0.15) is 0 Å². The van der Waals surface area contributed by atoms with E-state index in [2.05, 4.69) is 15.3 Å². The largest absolute Gasteiger partial charge is 0.465 e. The molecular weight excluding hydrogens is 508 g/mol. The third-order valence-electron chi connectivity index (χ3n) is 7.38. The molecule has 2 N–H and O–H groups in total. The van der Waals surface area contributed by atoms with E-state index >= 15 is 0 Å². The summed E-state index contributed by atoms with van der Waals surface area (Å²) >= 11 is 0. The quantitative estimate of drug-likeness (QED) is 0.503. The molecule has 5 rings (SSSR count). The summed E-state index contributed by atoms with van der Waals surface area (Å²) in [4.78, 5) is 37.1. The van der Waals surface area contributed by atoms with Crippen molar-refractivity contribution >= 4 is 38.9 Å². The van der Waals surface area contributed by atoms with Crippen LogP contribution >= 0.6 is 0 Å². The van der Waals surface area contributed by atoms with Crippen molar-refractivity contribution in [3.8, 4) is 0 Å². The molecule has 1 aromatic carbocycles. The highest BCUT2D eigenvalue weighted by Crippen LogP contribution is 2.35. The first-order chi connectivity index (χ1) is 17.9. The van der Waals surface area contributed by atoms with E-state index in [0.717, 1.165) is 22.4 Å². The Hall–Kier alpha value is -3.67. The summed E-state index contributed by atoms with van der Waals surface area (Å²) in [6, 6.07) is 7.46. The maximum Gasteiger partial charge on any atom is 0.408 e. The lowest BCUT2D eigenvalue weighted by Crippen LogP contribution is -2.54. The van der Waals surface area contributed by atoms with Crippen molar-refractivity contribution in [3.05, 3.63) is 48.4 Å². The normalized spacial score (nSPS) is 21.9. The van der Waals surface area contributed by atoms with E-state index in [9.17, 15) is 23.1 Å². The van der Waals surface area contributed by atoms with Crippen LogP contribution in [-0.2, 0) is 14.8 Å². The smallest absolute Gasteiger partial charge is 0.408 e. The van der Waals surface area contributed by atoms with E-state index in [-0.39, 0.29) is 28.5 Å². The summed E-state index contributed by atoms with van der Waals surface area (Å²) in [6.07, 6.45) is 3.67. The summed E-state index contributed by atoms with van der Waals surface area (Å²) in [5, 5.41) is 13.7. The number of hydrogen-bond acceptors (Lipinski definition) is 7. The number of aromatic nitrogens is 3. The second-order valence-corrected chi connectivity index (χ2v) is 12.8. The van der Waals surface area contributed by atoms with E-state index in [1.165, 1.54) is 17.4 Å². The number of hydrogen-bond donors (Lipinski definition) is 2. The number of anilines is 1. The number of nitrogens with zero attached hydrogens (tertiary/aromatic N) is 5. The molecule has 2 aliphatic heterocycles. The summed E-state index contributed by atoms with van der Waals surface area (Å²) in [6.45, 7) is 7.68. The van der Waals surface area contributed by atoms with E-state index in [1.54, 1.807) is 56.0 Å². The van der Waals surface area contributed by atoms with Gasteiger partial charge in [0.25, 0.3) is 10.0 Å². The second kappa shape index (κ2) is 9.26. The molecule has 2 fully saturated rings. The fraction of sp³-hybridized carbons (Fsp3) is 0.462. The molecule has 0 bridgehead atoms. The van der Waals surface area contributed by atoms with Crippen LogP contribution in [0.15, 0.2) is 47.8 Å². The van der Waals surface area contributed by atoms with Gasteiger partial charge in [-0.25, -0.2) is 27.2 Å². The maximum absolute atomic E-state index is 13.3. The van der Waals surface area contributed by atoms with Crippen LogP contribution in [0.2, 0.25) is 0 Å². The molecule has 202 valence electrons. The molecule has 2 aliphatic rings. The molecule has 0 aliphatic carbocycles. The highest BCUT2D eigenvalue weighted by molar-refractivity contribution is 7.90. The summed E-state index contributed by atoms with van der Waals surface area (Å²) in [5.41, 5.74) is 0.523. The van der Waals surface area contributed by atoms with Crippen molar-refractivity contribution in [2.75, 3.05) is 11.9 Å². The molecule has 2 amide bonds. The highest BCUT2D eigenvalue weighted by Gasteiger charge is 2.49. The number of rotatable bonds is 5. The van der Waals surface area contributed by atoms with Crippen LogP contribution in [0, 0.1) is 6.92 Å². The van der Waals surface area contributed by atoms with Gasteiger partial charge in [0.2, 0.25) is 5.91 Å². The average molecular weight is 541 g/mol. The Morgan fingerprint density at radius 2 is 1.84 bits per heavy atom. The van der Waals surface area contributed by atoms with Crippen LogP contribution in [0.1, 0.15) is 45.6 Å². The Morgan fingerprint density at radius 3 is 2.50 bits per heavy atom. The molecule has 11 nitrogen and oxygen atoms in total. The number of piperidine rings is 1. The fourth-order valence-corrected chi connectivity index (χ4v) is 6.87. The monoisotopic (exact) mass is 540 g/mol. The van der Waals surface area contributed by atoms with Gasteiger partial charge in [0.15, 0.2) is 5.65 Å². The molecule has 2 aromatic heterocycles.